The van der Waals surface area contributed by atoms with Gasteiger partial charge in [0, 0.05) is 6.54 Å². The molecule has 0 bridgehead atoms. The first-order valence-corrected chi connectivity index (χ1v) is 6.87. The number of piperidine rings is 1. The normalized spacial score (nSPS) is 24.4. The minimum Gasteiger partial charge on any atom is -0.354 e. The molecule has 2 amide bonds. The quantitative estimate of drug-likeness (QED) is 0.853. The van der Waals surface area contributed by atoms with E-state index in [4.69, 9.17) is 0 Å². The second-order valence-corrected chi connectivity index (χ2v) is 5.41. The van der Waals surface area contributed by atoms with Gasteiger partial charge >= 0.3 is 0 Å². The van der Waals surface area contributed by atoms with Gasteiger partial charge in [-0.25, -0.2) is 0 Å². The van der Waals surface area contributed by atoms with Gasteiger partial charge in [-0.05, 0) is 31.2 Å². The Kier molecular flexibility index (Phi) is 3.01. The van der Waals surface area contributed by atoms with Gasteiger partial charge in [0.25, 0.3) is 0 Å². The topological polar surface area (TPSA) is 58.2 Å². The Morgan fingerprint density at radius 2 is 2.00 bits per heavy atom. The van der Waals surface area contributed by atoms with Crippen molar-refractivity contribution in [3.05, 3.63) is 35.9 Å². The number of rotatable bonds is 3. The van der Waals surface area contributed by atoms with Crippen LogP contribution in [-0.2, 0) is 15.0 Å². The van der Waals surface area contributed by atoms with Crippen molar-refractivity contribution in [3.63, 3.8) is 0 Å². The summed E-state index contributed by atoms with van der Waals surface area (Å²) in [4.78, 5) is 24.1. The molecule has 2 fully saturated rings. The Bertz CT molecular complexity index is 494. The molecule has 2 N–H and O–H groups in total. The molecule has 4 nitrogen and oxygen atoms in total. The highest BCUT2D eigenvalue weighted by atomic mass is 16.2. The number of nitrogens with one attached hydrogen (secondary N) is 2. The summed E-state index contributed by atoms with van der Waals surface area (Å²) in [6.45, 7) is 0.717. The monoisotopic (exact) mass is 258 g/mol. The number of benzene rings is 1. The van der Waals surface area contributed by atoms with E-state index in [1.54, 1.807) is 0 Å². The Morgan fingerprint density at radius 1 is 1.26 bits per heavy atom. The maximum absolute atomic E-state index is 12.5. The van der Waals surface area contributed by atoms with Crippen molar-refractivity contribution in [2.24, 2.45) is 0 Å². The summed E-state index contributed by atoms with van der Waals surface area (Å²) in [7, 11) is 0. The molecule has 4 heteroatoms. The minimum absolute atomic E-state index is 0.000694. The number of carbonyl (C=O) groups is 2. The summed E-state index contributed by atoms with van der Waals surface area (Å²) >= 11 is 0. The fraction of sp³-hybridized carbons (Fsp3) is 0.467. The third-order valence-corrected chi connectivity index (χ3v) is 4.10. The van der Waals surface area contributed by atoms with Gasteiger partial charge in [0.2, 0.25) is 11.8 Å². The zero-order chi connectivity index (χ0) is 13.3. The fourth-order valence-corrected chi connectivity index (χ4v) is 2.74. The van der Waals surface area contributed by atoms with E-state index in [1.807, 2.05) is 30.3 Å². The number of amides is 2. The van der Waals surface area contributed by atoms with Crippen molar-refractivity contribution in [2.75, 3.05) is 6.54 Å². The molecule has 1 aliphatic carbocycles. The van der Waals surface area contributed by atoms with Crippen molar-refractivity contribution < 1.29 is 9.59 Å². The molecular weight excluding hydrogens is 240 g/mol. The van der Waals surface area contributed by atoms with Gasteiger partial charge in [-0.2, -0.15) is 0 Å². The molecule has 1 aliphatic heterocycles. The van der Waals surface area contributed by atoms with Crippen LogP contribution in [0, 0.1) is 0 Å². The van der Waals surface area contributed by atoms with Gasteiger partial charge < -0.3 is 10.6 Å². The van der Waals surface area contributed by atoms with Crippen LogP contribution in [0.1, 0.15) is 31.2 Å². The molecule has 1 saturated carbocycles. The fourth-order valence-electron chi connectivity index (χ4n) is 2.74. The first-order valence-electron chi connectivity index (χ1n) is 6.87. The molecule has 1 aromatic rings. The van der Waals surface area contributed by atoms with Crippen LogP contribution in [0.25, 0.3) is 0 Å². The van der Waals surface area contributed by atoms with E-state index < -0.39 is 0 Å². The lowest BCUT2D eigenvalue weighted by Crippen LogP contribution is -2.52. The number of hydrogen-bond acceptors (Lipinski definition) is 2. The first-order chi connectivity index (χ1) is 9.22. The molecule has 1 atom stereocenters. The summed E-state index contributed by atoms with van der Waals surface area (Å²) in [6, 6.07) is 9.49. The van der Waals surface area contributed by atoms with E-state index in [-0.39, 0.29) is 23.3 Å². The number of hydrogen-bond donors (Lipinski definition) is 2. The van der Waals surface area contributed by atoms with Gasteiger partial charge in [0.15, 0.2) is 0 Å². The van der Waals surface area contributed by atoms with Gasteiger partial charge in [0.1, 0.15) is 6.04 Å². The highest BCUT2D eigenvalue weighted by Gasteiger charge is 2.51. The molecule has 100 valence electrons. The zero-order valence-corrected chi connectivity index (χ0v) is 10.8. The molecule has 1 unspecified atom stereocenters. The van der Waals surface area contributed by atoms with Gasteiger partial charge in [-0.3, -0.25) is 9.59 Å². The molecule has 1 saturated heterocycles. The highest BCUT2D eigenvalue weighted by Crippen LogP contribution is 2.48. The van der Waals surface area contributed by atoms with E-state index in [2.05, 4.69) is 10.6 Å². The molecular formula is C15H18N2O2. The summed E-state index contributed by atoms with van der Waals surface area (Å²) in [5, 5.41) is 5.71. The molecule has 19 heavy (non-hydrogen) atoms. The van der Waals surface area contributed by atoms with Gasteiger partial charge in [-0.15, -0.1) is 0 Å². The molecule has 0 spiro atoms. The van der Waals surface area contributed by atoms with Crippen molar-refractivity contribution in [3.8, 4) is 0 Å². The lowest BCUT2D eigenvalue weighted by Gasteiger charge is -2.25. The predicted octanol–water partition coefficient (Wildman–Crippen LogP) is 1.11. The predicted molar refractivity (Wildman–Crippen MR) is 71.5 cm³/mol. The standard InChI is InChI=1S/C15H18N2O2/c18-13-12(7-4-10-16-13)17-14(19)15(8-9-15)11-5-2-1-3-6-11/h1-3,5-6,12H,4,7-10H2,(H,16,18)(H,17,19). The Morgan fingerprint density at radius 3 is 2.63 bits per heavy atom. The summed E-state index contributed by atoms with van der Waals surface area (Å²) in [5.74, 6) is -0.0517. The van der Waals surface area contributed by atoms with Crippen LogP contribution >= 0.6 is 0 Å². The van der Waals surface area contributed by atoms with Crippen LogP contribution in [0.3, 0.4) is 0 Å². The van der Waals surface area contributed by atoms with Crippen LogP contribution in [0.5, 0.6) is 0 Å². The van der Waals surface area contributed by atoms with Crippen LogP contribution in [0.2, 0.25) is 0 Å². The van der Waals surface area contributed by atoms with Crippen LogP contribution in [-0.4, -0.2) is 24.4 Å². The van der Waals surface area contributed by atoms with Gasteiger partial charge in [0.05, 0.1) is 5.41 Å². The molecule has 1 heterocycles. The summed E-state index contributed by atoms with van der Waals surface area (Å²) in [6.07, 6.45) is 3.41. The largest absolute Gasteiger partial charge is 0.354 e. The van der Waals surface area contributed by atoms with Crippen molar-refractivity contribution in [1.29, 1.82) is 0 Å². The SMILES string of the molecule is O=C1NCCCC1NC(=O)C1(c2ccccc2)CC1. The van der Waals surface area contributed by atoms with E-state index in [9.17, 15) is 9.59 Å². The average Bonchev–Trinajstić information content (AvgIpc) is 3.24. The van der Waals surface area contributed by atoms with E-state index in [0.717, 1.165) is 37.8 Å². The molecule has 1 aromatic carbocycles. The minimum atomic E-state index is -0.390. The van der Waals surface area contributed by atoms with Crippen molar-refractivity contribution >= 4 is 11.8 Å². The van der Waals surface area contributed by atoms with Crippen molar-refractivity contribution in [2.45, 2.75) is 37.1 Å². The number of carbonyl (C=O) groups excluding carboxylic acids is 2. The average molecular weight is 258 g/mol. The van der Waals surface area contributed by atoms with E-state index >= 15 is 0 Å². The zero-order valence-electron chi connectivity index (χ0n) is 10.8. The maximum Gasteiger partial charge on any atom is 0.242 e. The Labute approximate surface area is 112 Å². The molecule has 2 aliphatic rings. The lowest BCUT2D eigenvalue weighted by molar-refractivity contribution is -0.131. The third-order valence-electron chi connectivity index (χ3n) is 4.10. The van der Waals surface area contributed by atoms with E-state index in [0.29, 0.717) is 0 Å². The van der Waals surface area contributed by atoms with Crippen LogP contribution in [0.15, 0.2) is 30.3 Å². The van der Waals surface area contributed by atoms with Crippen LogP contribution in [0.4, 0.5) is 0 Å². The lowest BCUT2D eigenvalue weighted by atomic mass is 9.94. The van der Waals surface area contributed by atoms with Crippen LogP contribution < -0.4 is 10.6 Å². The Balaban J connectivity index is 1.72. The Hall–Kier alpha value is -1.84. The molecule has 3 rings (SSSR count). The molecule has 0 aromatic heterocycles. The highest BCUT2D eigenvalue weighted by molar-refractivity contribution is 5.95. The second-order valence-electron chi connectivity index (χ2n) is 5.41. The first kappa shape index (κ1) is 12.2. The van der Waals surface area contributed by atoms with Gasteiger partial charge in [-0.1, -0.05) is 30.3 Å². The second kappa shape index (κ2) is 4.68. The summed E-state index contributed by atoms with van der Waals surface area (Å²) in [5.41, 5.74) is 0.669. The molecule has 0 radical (unpaired) electrons. The van der Waals surface area contributed by atoms with Crippen molar-refractivity contribution in [1.82, 2.24) is 10.6 Å². The maximum atomic E-state index is 12.5. The summed E-state index contributed by atoms with van der Waals surface area (Å²) < 4.78 is 0. The third kappa shape index (κ3) is 2.23. The smallest absolute Gasteiger partial charge is 0.242 e. The van der Waals surface area contributed by atoms with E-state index in [1.165, 1.54) is 0 Å².